The van der Waals surface area contributed by atoms with Gasteiger partial charge in [0, 0.05) is 36.8 Å². The first-order valence-electron chi connectivity index (χ1n) is 10.4. The monoisotopic (exact) mass is 401 g/mol. The number of nitrogens with one attached hydrogen (secondary N) is 1. The van der Waals surface area contributed by atoms with Crippen LogP contribution in [0.5, 0.6) is 0 Å². The lowest BCUT2D eigenvalue weighted by molar-refractivity contribution is 0.0706. The zero-order chi connectivity index (χ0) is 21.1. The lowest BCUT2D eigenvalue weighted by Crippen LogP contribution is -2.39. The molecule has 3 heterocycles. The highest BCUT2D eigenvalue weighted by Gasteiger charge is 2.27. The van der Waals surface area contributed by atoms with Crippen LogP contribution >= 0.6 is 0 Å². The smallest absolute Gasteiger partial charge is 0.253 e. The number of rotatable bonds is 4. The molecule has 1 fully saturated rings. The van der Waals surface area contributed by atoms with Crippen LogP contribution in [-0.2, 0) is 0 Å². The van der Waals surface area contributed by atoms with Crippen molar-refractivity contribution in [1.29, 1.82) is 0 Å². The van der Waals surface area contributed by atoms with Gasteiger partial charge < -0.3 is 10.2 Å². The Hall–Kier alpha value is -3.28. The van der Waals surface area contributed by atoms with Crippen molar-refractivity contribution in [1.82, 2.24) is 19.9 Å². The van der Waals surface area contributed by atoms with Gasteiger partial charge in [-0.05, 0) is 63.4 Å². The third-order valence-electron chi connectivity index (χ3n) is 5.45. The van der Waals surface area contributed by atoms with Crippen LogP contribution in [0.15, 0.2) is 48.7 Å². The molecule has 0 radical (unpaired) electrons. The van der Waals surface area contributed by atoms with E-state index in [-0.39, 0.29) is 11.8 Å². The van der Waals surface area contributed by atoms with E-state index in [4.69, 9.17) is 0 Å². The van der Waals surface area contributed by atoms with Crippen molar-refractivity contribution in [3.8, 4) is 0 Å². The number of piperidine rings is 1. The highest BCUT2D eigenvalue weighted by atomic mass is 16.2. The summed E-state index contributed by atoms with van der Waals surface area (Å²) in [6.07, 6.45) is 3.76. The van der Waals surface area contributed by atoms with Gasteiger partial charge in [-0.15, -0.1) is 0 Å². The molecule has 2 aromatic heterocycles. The summed E-state index contributed by atoms with van der Waals surface area (Å²) in [5, 5.41) is 3.29. The van der Waals surface area contributed by atoms with Gasteiger partial charge in [0.05, 0.1) is 5.69 Å². The van der Waals surface area contributed by atoms with E-state index in [0.717, 1.165) is 53.4 Å². The molecule has 1 aliphatic rings. The summed E-state index contributed by atoms with van der Waals surface area (Å²) >= 11 is 0. The van der Waals surface area contributed by atoms with Crippen molar-refractivity contribution >= 4 is 17.5 Å². The molecule has 1 saturated heterocycles. The average molecular weight is 402 g/mol. The van der Waals surface area contributed by atoms with Gasteiger partial charge in [-0.3, -0.25) is 4.79 Å². The minimum absolute atomic E-state index is 0.0905. The number of hydrogen-bond donors (Lipinski definition) is 1. The summed E-state index contributed by atoms with van der Waals surface area (Å²) in [6, 6.07) is 13.7. The Morgan fingerprint density at radius 2 is 1.80 bits per heavy atom. The van der Waals surface area contributed by atoms with Crippen LogP contribution in [0.3, 0.4) is 0 Å². The van der Waals surface area contributed by atoms with Gasteiger partial charge in [0.1, 0.15) is 17.5 Å². The number of benzene rings is 1. The topological polar surface area (TPSA) is 71.0 Å². The molecule has 6 nitrogen and oxygen atoms in total. The fraction of sp³-hybridized carbons (Fsp3) is 0.333. The van der Waals surface area contributed by atoms with Crippen LogP contribution in [0.1, 0.15) is 51.8 Å². The molecule has 30 heavy (non-hydrogen) atoms. The Bertz CT molecular complexity index is 1050. The van der Waals surface area contributed by atoms with Crippen molar-refractivity contribution < 1.29 is 4.79 Å². The molecule has 1 atom stereocenters. The van der Waals surface area contributed by atoms with Crippen molar-refractivity contribution in [3.05, 3.63) is 76.9 Å². The standard InChI is InChI=1S/C24H27N5O/c1-16-6-8-19(9-7-16)24(30)29-12-4-5-20(15-29)21-14-23(27-18(3)26-21)28-22-13-17(2)10-11-25-22/h6-11,13-14,20H,4-5,12,15H2,1-3H3,(H,25,26,27,28). The third-order valence-corrected chi connectivity index (χ3v) is 5.45. The number of hydrogen-bond acceptors (Lipinski definition) is 5. The van der Waals surface area contributed by atoms with Crippen molar-refractivity contribution in [2.45, 2.75) is 39.5 Å². The molecule has 6 heteroatoms. The number of amides is 1. The minimum Gasteiger partial charge on any atom is -0.338 e. The van der Waals surface area contributed by atoms with Gasteiger partial charge in [-0.2, -0.15) is 0 Å². The molecular weight excluding hydrogens is 374 g/mol. The van der Waals surface area contributed by atoms with E-state index in [1.54, 1.807) is 6.20 Å². The highest BCUT2D eigenvalue weighted by Crippen LogP contribution is 2.28. The fourth-order valence-electron chi connectivity index (χ4n) is 3.88. The van der Waals surface area contributed by atoms with Crippen LogP contribution in [0.25, 0.3) is 0 Å². The van der Waals surface area contributed by atoms with E-state index in [0.29, 0.717) is 12.4 Å². The Morgan fingerprint density at radius 1 is 1.00 bits per heavy atom. The van der Waals surface area contributed by atoms with Crippen LogP contribution < -0.4 is 5.32 Å². The first-order valence-corrected chi connectivity index (χ1v) is 10.4. The number of carbonyl (C=O) groups excluding carboxylic acids is 1. The van der Waals surface area contributed by atoms with Crippen molar-refractivity contribution in [3.63, 3.8) is 0 Å². The van der Waals surface area contributed by atoms with E-state index in [2.05, 4.69) is 20.3 Å². The highest BCUT2D eigenvalue weighted by molar-refractivity contribution is 5.94. The molecule has 1 aliphatic heterocycles. The van der Waals surface area contributed by atoms with Crippen LogP contribution in [-0.4, -0.2) is 38.8 Å². The van der Waals surface area contributed by atoms with Gasteiger partial charge in [-0.25, -0.2) is 15.0 Å². The predicted molar refractivity (Wildman–Crippen MR) is 118 cm³/mol. The summed E-state index contributed by atoms with van der Waals surface area (Å²) in [6.45, 7) is 7.42. The molecule has 0 saturated carbocycles. The zero-order valence-electron chi connectivity index (χ0n) is 17.7. The maximum Gasteiger partial charge on any atom is 0.253 e. The summed E-state index contributed by atoms with van der Waals surface area (Å²) in [4.78, 5) is 28.5. The van der Waals surface area contributed by atoms with Gasteiger partial charge in [0.25, 0.3) is 5.91 Å². The Morgan fingerprint density at radius 3 is 2.57 bits per heavy atom. The minimum atomic E-state index is 0.0905. The summed E-state index contributed by atoms with van der Waals surface area (Å²) in [5.41, 5.74) is 4.01. The molecule has 0 aliphatic carbocycles. The van der Waals surface area contributed by atoms with E-state index in [9.17, 15) is 4.79 Å². The summed E-state index contributed by atoms with van der Waals surface area (Å²) in [7, 11) is 0. The van der Waals surface area contributed by atoms with Gasteiger partial charge >= 0.3 is 0 Å². The second-order valence-electron chi connectivity index (χ2n) is 8.03. The van der Waals surface area contributed by atoms with Gasteiger partial charge in [0.15, 0.2) is 0 Å². The third kappa shape index (κ3) is 4.64. The Balaban J connectivity index is 1.52. The largest absolute Gasteiger partial charge is 0.338 e. The fourth-order valence-corrected chi connectivity index (χ4v) is 3.88. The number of anilines is 2. The van der Waals surface area contributed by atoms with E-state index in [1.165, 1.54) is 0 Å². The van der Waals surface area contributed by atoms with Crippen LogP contribution in [0, 0.1) is 20.8 Å². The Kier molecular flexibility index (Phi) is 5.74. The second kappa shape index (κ2) is 8.61. The van der Waals surface area contributed by atoms with E-state index < -0.39 is 0 Å². The quantitative estimate of drug-likeness (QED) is 0.694. The van der Waals surface area contributed by atoms with Gasteiger partial charge in [0.2, 0.25) is 0 Å². The number of nitrogens with zero attached hydrogens (tertiary/aromatic N) is 4. The maximum atomic E-state index is 13.0. The first kappa shape index (κ1) is 20.0. The lowest BCUT2D eigenvalue weighted by Gasteiger charge is -2.32. The number of aromatic nitrogens is 3. The van der Waals surface area contributed by atoms with Crippen LogP contribution in [0.2, 0.25) is 0 Å². The number of carbonyl (C=O) groups is 1. The molecular formula is C24H27N5O. The maximum absolute atomic E-state index is 13.0. The normalized spacial score (nSPS) is 16.4. The Labute approximate surface area is 177 Å². The molecule has 0 bridgehead atoms. The molecule has 154 valence electrons. The molecule has 0 spiro atoms. The van der Waals surface area contributed by atoms with Gasteiger partial charge in [-0.1, -0.05) is 17.7 Å². The second-order valence-corrected chi connectivity index (χ2v) is 8.03. The number of pyridine rings is 1. The summed E-state index contributed by atoms with van der Waals surface area (Å²) in [5.74, 6) is 2.50. The number of likely N-dealkylation sites (tertiary alicyclic amines) is 1. The molecule has 4 rings (SSSR count). The molecule has 1 unspecified atom stereocenters. The van der Waals surface area contributed by atoms with E-state index >= 15 is 0 Å². The lowest BCUT2D eigenvalue weighted by atomic mass is 9.93. The van der Waals surface area contributed by atoms with Crippen LogP contribution in [0.4, 0.5) is 11.6 Å². The average Bonchev–Trinajstić information content (AvgIpc) is 2.73. The molecule has 3 aromatic rings. The molecule has 1 amide bonds. The predicted octanol–water partition coefficient (Wildman–Crippen LogP) is 4.56. The van der Waals surface area contributed by atoms with E-state index in [1.807, 2.05) is 68.1 Å². The zero-order valence-corrected chi connectivity index (χ0v) is 17.7. The summed E-state index contributed by atoms with van der Waals surface area (Å²) < 4.78 is 0. The number of aryl methyl sites for hydroxylation is 3. The van der Waals surface area contributed by atoms with Crippen molar-refractivity contribution in [2.24, 2.45) is 0 Å². The molecule has 1 N–H and O–H groups in total. The van der Waals surface area contributed by atoms with Crippen molar-refractivity contribution in [2.75, 3.05) is 18.4 Å². The molecule has 1 aromatic carbocycles. The first-order chi connectivity index (χ1) is 14.5. The SMILES string of the molecule is Cc1ccc(C(=O)N2CCCC(c3cc(Nc4cc(C)ccn4)nc(C)n3)C2)cc1.